The van der Waals surface area contributed by atoms with Crippen LogP contribution in [0.4, 0.5) is 0 Å². The van der Waals surface area contributed by atoms with E-state index in [0.717, 1.165) is 51.2 Å². The van der Waals surface area contributed by atoms with Gasteiger partial charge >= 0.3 is 0 Å². The topological polar surface area (TPSA) is 52.9 Å². The maximum atomic E-state index is 9.75. The molecule has 0 aromatic heterocycles. The zero-order valence-corrected chi connectivity index (χ0v) is 47.7. The van der Waals surface area contributed by atoms with Gasteiger partial charge in [-0.3, -0.25) is 0 Å². The van der Waals surface area contributed by atoms with Gasteiger partial charge in [-0.05, 0) is 83.3 Å². The van der Waals surface area contributed by atoms with Crippen molar-refractivity contribution in [3.63, 3.8) is 0 Å². The average Bonchev–Trinajstić information content (AvgIpc) is 3.29. The Morgan fingerprint density at radius 3 is 1.05 bits per heavy atom. The van der Waals surface area contributed by atoms with Gasteiger partial charge < -0.3 is 26.8 Å². The van der Waals surface area contributed by atoms with Crippen molar-refractivity contribution < 1.29 is 36.0 Å². The summed E-state index contributed by atoms with van der Waals surface area (Å²) in [5.74, 6) is 0.801. The van der Waals surface area contributed by atoms with E-state index in [1.165, 1.54) is 283 Å². The van der Waals surface area contributed by atoms with E-state index in [4.69, 9.17) is 4.74 Å². The second-order valence-electron chi connectivity index (χ2n) is 20.2. The monoisotopic (exact) mass is 1080 g/mol. The maximum absolute atomic E-state index is 9.75. The smallest absolute Gasteiger partial charge is 0.0540 e. The van der Waals surface area contributed by atoms with Crippen LogP contribution in [0.15, 0.2) is 0 Å². The van der Waals surface area contributed by atoms with E-state index in [-0.39, 0.29) is 27.2 Å². The van der Waals surface area contributed by atoms with E-state index >= 15 is 0 Å². The molecule has 4 nitrogen and oxygen atoms in total. The van der Waals surface area contributed by atoms with E-state index in [9.17, 15) is 10.2 Å². The van der Waals surface area contributed by atoms with Gasteiger partial charge in [0.2, 0.25) is 0 Å². The number of hydrogen-bond donors (Lipinski definition) is 2. The Morgan fingerprint density at radius 2 is 0.672 bits per heavy atom. The molecule has 0 aliphatic rings. The molecule has 0 radical (unpaired) electrons. The molecular weight excluding hydrogens is 954 g/mol. The third-order valence-corrected chi connectivity index (χ3v) is 13.7. The molecule has 2 atom stereocenters. The Hall–Kier alpha value is 0.528. The van der Waals surface area contributed by atoms with Crippen LogP contribution in [-0.2, 0) is 25.8 Å². The molecular formula is C59H122NO3W-. The summed E-state index contributed by atoms with van der Waals surface area (Å²) in [6, 6.07) is 0. The van der Waals surface area contributed by atoms with Gasteiger partial charge in [0, 0.05) is 40.9 Å². The summed E-state index contributed by atoms with van der Waals surface area (Å²) >= 11 is 0. The van der Waals surface area contributed by atoms with Gasteiger partial charge in [0.25, 0.3) is 0 Å². The van der Waals surface area contributed by atoms with Gasteiger partial charge in [-0.1, -0.05) is 259 Å². The van der Waals surface area contributed by atoms with Crippen molar-refractivity contribution in [2.24, 2.45) is 5.92 Å². The SMILES string of the molecule is CCCCCCCCC(O)CCCCCC.[CH2-]CCCCCCCCCCCN(CCCCO)CCCCCCCCCCCCOCC(CCCCCC)CCCCCCCC.[W]. The number of ether oxygens (including phenoxy) is 1. The Kier molecular flexibility index (Phi) is 68.3. The van der Waals surface area contributed by atoms with Crippen LogP contribution in [0.3, 0.4) is 0 Å². The molecule has 0 fully saturated rings. The van der Waals surface area contributed by atoms with Gasteiger partial charge in [-0.2, -0.15) is 6.42 Å². The first-order valence-electron chi connectivity index (χ1n) is 29.5. The van der Waals surface area contributed by atoms with Gasteiger partial charge in [0.1, 0.15) is 0 Å². The zero-order valence-electron chi connectivity index (χ0n) is 44.8. The summed E-state index contributed by atoms with van der Waals surface area (Å²) in [5, 5.41) is 19.0. The fourth-order valence-corrected chi connectivity index (χ4v) is 9.23. The zero-order chi connectivity index (χ0) is 46.2. The number of rotatable bonds is 54. The number of unbranched alkanes of at least 4 members (excludes halogenated alkanes) is 35. The number of aliphatic hydroxyl groups is 2. The molecule has 64 heavy (non-hydrogen) atoms. The Morgan fingerprint density at radius 1 is 0.375 bits per heavy atom. The van der Waals surface area contributed by atoms with Crippen LogP contribution in [0.2, 0.25) is 0 Å². The van der Waals surface area contributed by atoms with E-state index in [1.54, 1.807) is 0 Å². The third kappa shape index (κ3) is 60.5. The molecule has 0 aliphatic carbocycles. The van der Waals surface area contributed by atoms with Crippen LogP contribution in [-0.4, -0.2) is 60.7 Å². The number of nitrogens with zero attached hydrogens (tertiary/aromatic N) is 1. The molecule has 0 saturated carbocycles. The van der Waals surface area contributed by atoms with Crippen LogP contribution < -0.4 is 0 Å². The van der Waals surface area contributed by atoms with Crippen molar-refractivity contribution in [1.82, 2.24) is 4.90 Å². The van der Waals surface area contributed by atoms with Gasteiger partial charge in [-0.25, -0.2) is 0 Å². The first-order chi connectivity index (χ1) is 31.1. The molecule has 0 spiro atoms. The standard InChI is InChI=1S/C44H90NO2.C15H32O.W/c1-4-7-10-13-15-16-19-22-26-31-38-45(40-33-34-41-46)39-32-27-23-20-17-18-21-24-28-35-42-47-43-44(36-29-12-9-6-3)37-30-25-14-11-8-5-2;1-3-5-7-9-10-12-14-15(16)13-11-8-6-4-2;/h44,46H,1,4-43H2,2-3H3;15-16H,3-14H2,1-2H3;/q-1;;. The Balaban J connectivity index is -0.00000184. The van der Waals surface area contributed by atoms with Crippen molar-refractivity contribution in [2.75, 3.05) is 39.5 Å². The van der Waals surface area contributed by atoms with Crippen LogP contribution in [0.25, 0.3) is 0 Å². The summed E-state index contributed by atoms with van der Waals surface area (Å²) in [6.45, 7) is 19.1. The molecule has 2 N–H and O–H groups in total. The van der Waals surface area contributed by atoms with Crippen molar-refractivity contribution in [1.29, 1.82) is 0 Å². The van der Waals surface area contributed by atoms with Gasteiger partial charge in [0.15, 0.2) is 0 Å². The Bertz CT molecular complexity index is 770. The number of hydrogen-bond acceptors (Lipinski definition) is 4. The van der Waals surface area contributed by atoms with Crippen molar-refractivity contribution in [3.8, 4) is 0 Å². The summed E-state index contributed by atoms with van der Waals surface area (Å²) in [4.78, 5) is 2.70. The van der Waals surface area contributed by atoms with Gasteiger partial charge in [0.05, 0.1) is 6.10 Å². The molecule has 0 aromatic carbocycles. The van der Waals surface area contributed by atoms with Crippen LogP contribution in [0.5, 0.6) is 0 Å². The molecule has 2 unspecified atom stereocenters. The fraction of sp³-hybridized carbons (Fsp3) is 0.983. The molecule has 0 bridgehead atoms. The second kappa shape index (κ2) is 63.5. The normalized spacial score (nSPS) is 12.4. The quantitative estimate of drug-likeness (QED) is 0.0471. The predicted octanol–water partition coefficient (Wildman–Crippen LogP) is 19.1. The molecule has 0 saturated heterocycles. The second-order valence-corrected chi connectivity index (χ2v) is 20.2. The summed E-state index contributed by atoms with van der Waals surface area (Å²) in [6.07, 6.45) is 61.4. The first kappa shape index (κ1) is 68.8. The van der Waals surface area contributed by atoms with E-state index in [1.807, 2.05) is 0 Å². The minimum Gasteiger partial charge on any atom is -0.396 e. The fourth-order valence-electron chi connectivity index (χ4n) is 9.23. The van der Waals surface area contributed by atoms with Crippen molar-refractivity contribution in [2.45, 2.75) is 329 Å². The van der Waals surface area contributed by atoms with E-state index in [2.05, 4.69) is 39.5 Å². The van der Waals surface area contributed by atoms with Crippen LogP contribution >= 0.6 is 0 Å². The van der Waals surface area contributed by atoms with Crippen LogP contribution in [0.1, 0.15) is 323 Å². The maximum Gasteiger partial charge on any atom is 0.0540 e. The minimum atomic E-state index is -0.0250. The Labute approximate surface area is 420 Å². The summed E-state index contributed by atoms with van der Waals surface area (Å²) in [7, 11) is 0. The molecule has 388 valence electrons. The van der Waals surface area contributed by atoms with Gasteiger partial charge in [-0.15, -0.1) is 0 Å². The molecule has 0 aliphatic heterocycles. The largest absolute Gasteiger partial charge is 0.396 e. The number of aliphatic hydroxyl groups excluding tert-OH is 2. The van der Waals surface area contributed by atoms with E-state index < -0.39 is 0 Å². The average molecular weight is 1080 g/mol. The molecule has 0 heterocycles. The molecule has 5 heteroatoms. The van der Waals surface area contributed by atoms with Crippen LogP contribution in [0, 0.1) is 12.8 Å². The van der Waals surface area contributed by atoms with Crippen molar-refractivity contribution >= 4 is 0 Å². The first-order valence-corrected chi connectivity index (χ1v) is 29.5. The van der Waals surface area contributed by atoms with Crippen molar-refractivity contribution in [3.05, 3.63) is 6.92 Å². The summed E-state index contributed by atoms with van der Waals surface area (Å²) in [5.41, 5.74) is 0. The third-order valence-electron chi connectivity index (χ3n) is 13.7. The molecule has 0 rings (SSSR count). The van der Waals surface area contributed by atoms with E-state index in [0.29, 0.717) is 6.61 Å². The minimum absolute atomic E-state index is 0. The molecule has 0 aromatic rings. The molecule has 0 amide bonds. The summed E-state index contributed by atoms with van der Waals surface area (Å²) < 4.78 is 6.21. The predicted molar refractivity (Wildman–Crippen MR) is 284 cm³/mol.